The highest BCUT2D eigenvalue weighted by atomic mass is 79.9. The first-order chi connectivity index (χ1) is 6.56. The molecular formula is C10H11BrF2O. The number of hydrogen-bond acceptors (Lipinski definition) is 1. The van der Waals surface area contributed by atoms with Crippen LogP contribution < -0.4 is 4.74 Å². The topological polar surface area (TPSA) is 9.23 Å². The number of ether oxygens (including phenoxy) is 1. The van der Waals surface area contributed by atoms with Crippen molar-refractivity contribution in [3.63, 3.8) is 0 Å². The second kappa shape index (κ2) is 4.73. The molecule has 1 nitrogen and oxygen atoms in total. The molecule has 0 amide bonds. The van der Waals surface area contributed by atoms with E-state index in [0.717, 1.165) is 5.56 Å². The zero-order valence-corrected chi connectivity index (χ0v) is 9.51. The molecule has 0 saturated heterocycles. The van der Waals surface area contributed by atoms with Crippen LogP contribution in [0.2, 0.25) is 0 Å². The first-order valence-corrected chi connectivity index (χ1v) is 5.04. The lowest BCUT2D eigenvalue weighted by atomic mass is 10.1. The van der Waals surface area contributed by atoms with Gasteiger partial charge in [0.2, 0.25) is 0 Å². The molecule has 0 aromatic heterocycles. The fraction of sp³-hybridized carbons (Fsp3) is 0.400. The predicted octanol–water partition coefficient (Wildman–Crippen LogP) is 3.70. The molecule has 1 aromatic rings. The van der Waals surface area contributed by atoms with Gasteiger partial charge in [-0.25, -0.2) is 8.78 Å². The Bertz CT molecular complexity index is 315. The summed E-state index contributed by atoms with van der Waals surface area (Å²) in [5.74, 6) is 0.681. The lowest BCUT2D eigenvalue weighted by Crippen LogP contribution is -2.03. The van der Waals surface area contributed by atoms with Crippen molar-refractivity contribution < 1.29 is 13.5 Å². The van der Waals surface area contributed by atoms with E-state index in [-0.39, 0.29) is 0 Å². The predicted molar refractivity (Wildman–Crippen MR) is 55.4 cm³/mol. The van der Waals surface area contributed by atoms with Crippen LogP contribution in [0, 0.1) is 6.92 Å². The maximum absolute atomic E-state index is 12.4. The summed E-state index contributed by atoms with van der Waals surface area (Å²) in [6.07, 6.45) is -2.40. The van der Waals surface area contributed by atoms with E-state index in [4.69, 9.17) is 4.74 Å². The van der Waals surface area contributed by atoms with Gasteiger partial charge in [0, 0.05) is 0 Å². The molecule has 4 heteroatoms. The molecule has 0 aliphatic rings. The Balaban J connectivity index is 2.99. The molecule has 0 aliphatic heterocycles. The van der Waals surface area contributed by atoms with Crippen molar-refractivity contribution >= 4 is 15.9 Å². The Hall–Kier alpha value is -0.640. The minimum absolute atomic E-state index is 0.598. The van der Waals surface area contributed by atoms with Gasteiger partial charge < -0.3 is 4.74 Å². The highest BCUT2D eigenvalue weighted by Crippen LogP contribution is 2.33. The summed E-state index contributed by atoms with van der Waals surface area (Å²) >= 11 is 2.96. The third-order valence-corrected chi connectivity index (χ3v) is 2.89. The largest absolute Gasteiger partial charge is 0.497 e. The van der Waals surface area contributed by atoms with Gasteiger partial charge in [-0.1, -0.05) is 22.0 Å². The van der Waals surface area contributed by atoms with Crippen LogP contribution in [0.15, 0.2) is 18.2 Å². The van der Waals surface area contributed by atoms with E-state index < -0.39 is 11.3 Å². The highest BCUT2D eigenvalue weighted by Gasteiger charge is 2.20. The van der Waals surface area contributed by atoms with Gasteiger partial charge in [-0.2, -0.15) is 0 Å². The molecule has 0 bridgehead atoms. The minimum atomic E-state index is -2.40. The van der Waals surface area contributed by atoms with Crippen LogP contribution >= 0.6 is 15.9 Å². The Morgan fingerprint density at radius 3 is 2.43 bits per heavy atom. The number of halogens is 3. The number of alkyl halides is 3. The van der Waals surface area contributed by atoms with Crippen molar-refractivity contribution in [2.24, 2.45) is 0 Å². The number of methoxy groups -OCH3 is 1. The first kappa shape index (κ1) is 11.4. The summed E-state index contributed by atoms with van der Waals surface area (Å²) in [4.78, 5) is -0.909. The zero-order chi connectivity index (χ0) is 10.7. The minimum Gasteiger partial charge on any atom is -0.497 e. The third-order valence-electron chi connectivity index (χ3n) is 2.00. The summed E-state index contributed by atoms with van der Waals surface area (Å²) in [6, 6.07) is 5.07. The van der Waals surface area contributed by atoms with E-state index in [1.807, 2.05) is 0 Å². The number of aryl methyl sites for hydroxylation is 1. The van der Waals surface area contributed by atoms with Gasteiger partial charge in [-0.3, -0.25) is 0 Å². The average molecular weight is 265 g/mol. The standard InChI is InChI=1S/C10H11BrF2O/c1-6-5-7(14-2)3-4-8(6)9(11)10(12)13/h3-5,9-10H,1-2H3. The maximum atomic E-state index is 12.4. The maximum Gasteiger partial charge on any atom is 0.255 e. The number of hydrogen-bond donors (Lipinski definition) is 0. The third kappa shape index (κ3) is 2.44. The van der Waals surface area contributed by atoms with Crippen molar-refractivity contribution in [2.75, 3.05) is 7.11 Å². The first-order valence-electron chi connectivity index (χ1n) is 4.13. The Labute approximate surface area is 90.2 Å². The molecule has 0 spiro atoms. The van der Waals surface area contributed by atoms with E-state index in [1.54, 1.807) is 32.2 Å². The molecule has 0 fully saturated rings. The van der Waals surface area contributed by atoms with Gasteiger partial charge >= 0.3 is 0 Å². The van der Waals surface area contributed by atoms with Gasteiger partial charge in [-0.15, -0.1) is 0 Å². The van der Waals surface area contributed by atoms with Crippen molar-refractivity contribution in [1.29, 1.82) is 0 Å². The van der Waals surface area contributed by atoms with Crippen molar-refractivity contribution in [3.05, 3.63) is 29.3 Å². The van der Waals surface area contributed by atoms with Crippen molar-refractivity contribution in [1.82, 2.24) is 0 Å². The Morgan fingerprint density at radius 2 is 2.00 bits per heavy atom. The van der Waals surface area contributed by atoms with E-state index in [2.05, 4.69) is 15.9 Å². The van der Waals surface area contributed by atoms with Crippen LogP contribution in [0.3, 0.4) is 0 Å². The Kier molecular flexibility index (Phi) is 3.86. The van der Waals surface area contributed by atoms with Crippen LogP contribution in [-0.2, 0) is 0 Å². The molecule has 0 saturated carbocycles. The van der Waals surface area contributed by atoms with E-state index in [0.29, 0.717) is 11.3 Å². The van der Waals surface area contributed by atoms with Gasteiger partial charge in [0.05, 0.1) is 7.11 Å². The molecule has 1 aromatic carbocycles. The molecule has 0 aliphatic carbocycles. The molecular weight excluding hydrogens is 254 g/mol. The molecule has 1 rings (SSSR count). The van der Waals surface area contributed by atoms with Crippen LogP contribution in [0.25, 0.3) is 0 Å². The van der Waals surface area contributed by atoms with Gasteiger partial charge in [-0.05, 0) is 30.2 Å². The summed E-state index contributed by atoms with van der Waals surface area (Å²) in [7, 11) is 1.55. The number of benzene rings is 1. The van der Waals surface area contributed by atoms with Crippen LogP contribution in [0.5, 0.6) is 5.75 Å². The molecule has 0 heterocycles. The van der Waals surface area contributed by atoms with E-state index >= 15 is 0 Å². The Morgan fingerprint density at radius 1 is 1.36 bits per heavy atom. The molecule has 78 valence electrons. The van der Waals surface area contributed by atoms with Crippen LogP contribution in [0.1, 0.15) is 16.0 Å². The lowest BCUT2D eigenvalue weighted by molar-refractivity contribution is 0.147. The van der Waals surface area contributed by atoms with Crippen LogP contribution in [-0.4, -0.2) is 13.5 Å². The van der Waals surface area contributed by atoms with Gasteiger partial charge in [0.1, 0.15) is 10.6 Å². The van der Waals surface area contributed by atoms with Gasteiger partial charge in [0.15, 0.2) is 0 Å². The molecule has 14 heavy (non-hydrogen) atoms. The van der Waals surface area contributed by atoms with E-state index in [1.165, 1.54) is 0 Å². The van der Waals surface area contributed by atoms with E-state index in [9.17, 15) is 8.78 Å². The average Bonchev–Trinajstić information content (AvgIpc) is 2.16. The summed E-state index contributed by atoms with van der Waals surface area (Å²) in [6.45, 7) is 1.79. The molecule has 1 unspecified atom stereocenters. The fourth-order valence-corrected chi connectivity index (χ4v) is 1.73. The van der Waals surface area contributed by atoms with Crippen molar-refractivity contribution in [2.45, 2.75) is 18.2 Å². The number of rotatable bonds is 3. The molecule has 1 atom stereocenters. The molecule has 0 N–H and O–H groups in total. The SMILES string of the molecule is COc1ccc(C(Br)C(F)F)c(C)c1. The quantitative estimate of drug-likeness (QED) is 0.757. The van der Waals surface area contributed by atoms with Gasteiger partial charge in [0.25, 0.3) is 6.43 Å². The summed E-state index contributed by atoms with van der Waals surface area (Å²) in [5.41, 5.74) is 1.40. The monoisotopic (exact) mass is 264 g/mol. The fourth-order valence-electron chi connectivity index (χ4n) is 1.22. The molecule has 0 radical (unpaired) electrons. The summed E-state index contributed by atoms with van der Waals surface area (Å²) in [5, 5.41) is 0. The second-order valence-electron chi connectivity index (χ2n) is 2.96. The zero-order valence-electron chi connectivity index (χ0n) is 7.93. The van der Waals surface area contributed by atoms with Crippen molar-refractivity contribution in [3.8, 4) is 5.75 Å². The normalized spacial score (nSPS) is 13.0. The van der Waals surface area contributed by atoms with Crippen LogP contribution in [0.4, 0.5) is 8.78 Å². The second-order valence-corrected chi connectivity index (χ2v) is 3.95. The summed E-state index contributed by atoms with van der Waals surface area (Å²) < 4.78 is 29.8. The smallest absolute Gasteiger partial charge is 0.255 e. The highest BCUT2D eigenvalue weighted by molar-refractivity contribution is 9.09. The lowest BCUT2D eigenvalue weighted by Gasteiger charge is -2.12.